The van der Waals surface area contributed by atoms with Crippen LogP contribution in [0.5, 0.6) is 0 Å². The summed E-state index contributed by atoms with van der Waals surface area (Å²) in [6, 6.07) is 14.1. The predicted octanol–water partition coefficient (Wildman–Crippen LogP) is 2.78. The Morgan fingerprint density at radius 1 is 1.14 bits per heavy atom. The first kappa shape index (κ1) is 21.8. The third-order valence-electron chi connectivity index (χ3n) is 6.52. The molecule has 9 nitrogen and oxygen atoms in total. The summed E-state index contributed by atoms with van der Waals surface area (Å²) in [5, 5.41) is 1.03. The fraction of sp³-hybridized carbons (Fsp3) is 0.240. The van der Waals surface area contributed by atoms with E-state index in [4.69, 9.17) is 9.72 Å². The van der Waals surface area contributed by atoms with Crippen molar-refractivity contribution in [2.75, 3.05) is 35.8 Å². The Kier molecular flexibility index (Phi) is 5.08. The van der Waals surface area contributed by atoms with Crippen LogP contribution in [-0.4, -0.2) is 61.3 Å². The number of fused-ring (bicyclic) bond motifs is 4. The lowest BCUT2D eigenvalue weighted by molar-refractivity contribution is -0.122. The largest absolute Gasteiger partial charge is 0.377 e. The summed E-state index contributed by atoms with van der Waals surface area (Å²) < 4.78 is 29.3. The molecule has 1 atom stereocenters. The molecular weight excluding hydrogens is 466 g/mol. The lowest BCUT2D eigenvalue weighted by atomic mass is 10.1. The number of morpholine rings is 1. The predicted molar refractivity (Wildman–Crippen MR) is 132 cm³/mol. The minimum Gasteiger partial charge on any atom is -0.377 e. The van der Waals surface area contributed by atoms with Crippen LogP contribution in [-0.2, 0) is 25.9 Å². The molecule has 0 saturated carbocycles. The number of carbonyl (C=O) groups is 1. The number of ether oxygens (including phenoxy) is 1. The van der Waals surface area contributed by atoms with E-state index >= 15 is 0 Å². The van der Waals surface area contributed by atoms with Gasteiger partial charge in [0.15, 0.2) is 21.5 Å². The minimum absolute atomic E-state index is 0.0894. The summed E-state index contributed by atoms with van der Waals surface area (Å²) in [7, 11) is -3.30. The highest BCUT2D eigenvalue weighted by molar-refractivity contribution is 7.90. The zero-order valence-electron chi connectivity index (χ0n) is 19.0. The first-order valence-corrected chi connectivity index (χ1v) is 13.2. The van der Waals surface area contributed by atoms with Crippen LogP contribution in [0.1, 0.15) is 5.56 Å². The molecular formula is C25H23N5O4S. The highest BCUT2D eigenvalue weighted by Gasteiger charge is 2.41. The summed E-state index contributed by atoms with van der Waals surface area (Å²) in [5.74, 6) is 1.20. The normalized spacial score (nSPS) is 18.0. The van der Waals surface area contributed by atoms with Crippen LogP contribution in [0.15, 0.2) is 65.8 Å². The molecule has 1 amide bonds. The standard InChI is InChI=1S/C25H23N5O4S/c1-35(32,33)17-7-5-16(6-8-17)14-30-21-13-27-23(19-3-2-4-20-18(19)9-10-26-20)28-24(21)29-11-12-34-15-22(29)25(30)31/h2-10,13,22,26H,11-12,14-15H2,1H3. The van der Waals surface area contributed by atoms with Crippen LogP contribution >= 0.6 is 0 Å². The third-order valence-corrected chi connectivity index (χ3v) is 7.65. The molecule has 1 unspecified atom stereocenters. The van der Waals surface area contributed by atoms with E-state index in [1.807, 2.05) is 35.4 Å². The van der Waals surface area contributed by atoms with E-state index in [9.17, 15) is 13.2 Å². The highest BCUT2D eigenvalue weighted by atomic mass is 32.2. The van der Waals surface area contributed by atoms with Gasteiger partial charge >= 0.3 is 0 Å². The number of H-pyrrole nitrogens is 1. The summed E-state index contributed by atoms with van der Waals surface area (Å²) >= 11 is 0. The molecule has 178 valence electrons. The average molecular weight is 490 g/mol. The number of amides is 1. The number of nitrogens with one attached hydrogen (secondary N) is 1. The number of aromatic nitrogens is 3. The van der Waals surface area contributed by atoms with Gasteiger partial charge in [0, 0.05) is 35.5 Å². The maximum Gasteiger partial charge on any atom is 0.252 e. The number of nitrogens with zero attached hydrogens (tertiary/aromatic N) is 4. The van der Waals surface area contributed by atoms with E-state index in [2.05, 4.69) is 9.97 Å². The molecule has 0 radical (unpaired) electrons. The van der Waals surface area contributed by atoms with Crippen LogP contribution < -0.4 is 9.80 Å². The van der Waals surface area contributed by atoms with Crippen molar-refractivity contribution in [3.05, 3.63) is 66.5 Å². The Morgan fingerprint density at radius 2 is 1.97 bits per heavy atom. The van der Waals surface area contributed by atoms with Crippen LogP contribution in [0.25, 0.3) is 22.3 Å². The van der Waals surface area contributed by atoms with Gasteiger partial charge in [-0.15, -0.1) is 0 Å². The fourth-order valence-electron chi connectivity index (χ4n) is 4.73. The van der Waals surface area contributed by atoms with Crippen molar-refractivity contribution in [2.45, 2.75) is 17.5 Å². The maximum atomic E-state index is 13.5. The summed E-state index contributed by atoms with van der Waals surface area (Å²) in [4.78, 5) is 30.2. The van der Waals surface area contributed by atoms with Crippen molar-refractivity contribution in [1.29, 1.82) is 0 Å². The first-order valence-electron chi connectivity index (χ1n) is 11.3. The Morgan fingerprint density at radius 3 is 2.77 bits per heavy atom. The van der Waals surface area contributed by atoms with Gasteiger partial charge in [-0.25, -0.2) is 18.4 Å². The number of sulfone groups is 1. The summed E-state index contributed by atoms with van der Waals surface area (Å²) in [6.45, 7) is 1.64. The minimum atomic E-state index is -3.30. The van der Waals surface area contributed by atoms with Gasteiger partial charge in [0.2, 0.25) is 0 Å². The molecule has 0 spiro atoms. The van der Waals surface area contributed by atoms with Crippen LogP contribution in [0, 0.1) is 0 Å². The van der Waals surface area contributed by atoms with Crippen LogP contribution in [0.3, 0.4) is 0 Å². The lowest BCUT2D eigenvalue weighted by Gasteiger charge is -2.44. The molecule has 4 heterocycles. The molecule has 10 heteroatoms. The number of anilines is 2. The van der Waals surface area contributed by atoms with Gasteiger partial charge in [-0.2, -0.15) is 0 Å². The molecule has 0 aliphatic carbocycles. The van der Waals surface area contributed by atoms with E-state index in [1.54, 1.807) is 35.4 Å². The smallest absolute Gasteiger partial charge is 0.252 e. The van der Waals surface area contributed by atoms with E-state index in [0.29, 0.717) is 30.5 Å². The van der Waals surface area contributed by atoms with Gasteiger partial charge in [-0.1, -0.05) is 24.3 Å². The quantitative estimate of drug-likeness (QED) is 0.470. The maximum absolute atomic E-state index is 13.5. The third kappa shape index (κ3) is 3.75. The Hall–Kier alpha value is -3.76. The second kappa shape index (κ2) is 8.17. The lowest BCUT2D eigenvalue weighted by Crippen LogP contribution is -2.58. The van der Waals surface area contributed by atoms with Gasteiger partial charge in [-0.3, -0.25) is 4.79 Å². The van der Waals surface area contributed by atoms with E-state index in [0.717, 1.165) is 22.0 Å². The number of benzene rings is 2. The monoisotopic (exact) mass is 489 g/mol. The van der Waals surface area contributed by atoms with Gasteiger partial charge < -0.3 is 19.5 Å². The second-order valence-corrected chi connectivity index (χ2v) is 10.8. The summed E-state index contributed by atoms with van der Waals surface area (Å²) in [6.07, 6.45) is 4.77. The Bertz CT molecular complexity index is 1550. The average Bonchev–Trinajstić information content (AvgIpc) is 3.35. The van der Waals surface area contributed by atoms with E-state index < -0.39 is 15.9 Å². The zero-order valence-corrected chi connectivity index (χ0v) is 19.8. The molecule has 2 aliphatic rings. The topological polar surface area (TPSA) is 108 Å². The molecule has 1 N–H and O–H groups in total. The molecule has 2 aromatic carbocycles. The molecule has 6 rings (SSSR count). The van der Waals surface area contributed by atoms with Crippen molar-refractivity contribution in [1.82, 2.24) is 15.0 Å². The molecule has 1 saturated heterocycles. The zero-order chi connectivity index (χ0) is 24.2. The number of aromatic amines is 1. The van der Waals surface area contributed by atoms with E-state index in [-0.39, 0.29) is 24.0 Å². The van der Waals surface area contributed by atoms with Gasteiger partial charge in [0.05, 0.1) is 30.9 Å². The molecule has 2 aromatic heterocycles. The molecule has 4 aromatic rings. The molecule has 2 aliphatic heterocycles. The van der Waals surface area contributed by atoms with Gasteiger partial charge in [-0.05, 0) is 29.8 Å². The van der Waals surface area contributed by atoms with E-state index in [1.165, 1.54) is 6.26 Å². The number of hydrogen-bond donors (Lipinski definition) is 1. The molecule has 0 bridgehead atoms. The Labute approximate surface area is 202 Å². The van der Waals surface area contributed by atoms with Crippen molar-refractivity contribution in [2.24, 2.45) is 0 Å². The highest BCUT2D eigenvalue weighted by Crippen LogP contribution is 2.38. The second-order valence-electron chi connectivity index (χ2n) is 8.77. The number of carbonyl (C=O) groups excluding carboxylic acids is 1. The molecule has 35 heavy (non-hydrogen) atoms. The Balaban J connectivity index is 1.42. The number of hydrogen-bond acceptors (Lipinski definition) is 7. The fourth-order valence-corrected chi connectivity index (χ4v) is 5.36. The summed E-state index contributed by atoms with van der Waals surface area (Å²) in [5.41, 5.74) is 3.35. The van der Waals surface area contributed by atoms with Crippen molar-refractivity contribution in [3.8, 4) is 11.4 Å². The van der Waals surface area contributed by atoms with Gasteiger partial charge in [0.25, 0.3) is 5.91 Å². The van der Waals surface area contributed by atoms with Crippen molar-refractivity contribution in [3.63, 3.8) is 0 Å². The number of rotatable bonds is 4. The SMILES string of the molecule is CS(=O)(=O)c1ccc(CN2C(=O)C3COCCN3c3nc(-c4cccc5[nH]ccc45)ncc32)cc1. The van der Waals surface area contributed by atoms with Crippen molar-refractivity contribution >= 4 is 38.2 Å². The van der Waals surface area contributed by atoms with Crippen LogP contribution in [0.2, 0.25) is 0 Å². The molecule has 1 fully saturated rings. The van der Waals surface area contributed by atoms with Crippen molar-refractivity contribution < 1.29 is 17.9 Å². The first-order chi connectivity index (χ1) is 16.9. The van der Waals surface area contributed by atoms with Gasteiger partial charge in [0.1, 0.15) is 11.7 Å². The van der Waals surface area contributed by atoms with Crippen LogP contribution in [0.4, 0.5) is 11.5 Å².